The van der Waals surface area contributed by atoms with Crippen molar-refractivity contribution in [2.75, 3.05) is 5.32 Å². The maximum absolute atomic E-state index is 14.6. The van der Waals surface area contributed by atoms with E-state index in [2.05, 4.69) is 15.5 Å². The average Bonchev–Trinajstić information content (AvgIpc) is 3.20. The summed E-state index contributed by atoms with van der Waals surface area (Å²) in [5.41, 5.74) is 4.40. The molecule has 4 rings (SSSR count). The molecule has 140 valence electrons. The number of aromatic nitrogens is 2. The SMILES string of the molecule is Cc1cccc(NC(c2nnc(-c3ccccc3)o2)c2ccccc2F)c1C. The molecule has 4 aromatic rings. The molecule has 28 heavy (non-hydrogen) atoms. The van der Waals surface area contributed by atoms with Crippen LogP contribution >= 0.6 is 0 Å². The van der Waals surface area contributed by atoms with Crippen LogP contribution in [0.1, 0.15) is 28.6 Å². The third-order valence-electron chi connectivity index (χ3n) is 4.83. The molecule has 1 unspecified atom stereocenters. The highest BCUT2D eigenvalue weighted by atomic mass is 19.1. The quantitative estimate of drug-likeness (QED) is 0.488. The Morgan fingerprint density at radius 2 is 1.61 bits per heavy atom. The van der Waals surface area contributed by atoms with E-state index in [4.69, 9.17) is 4.42 Å². The smallest absolute Gasteiger partial charge is 0.247 e. The lowest BCUT2D eigenvalue weighted by Gasteiger charge is -2.19. The van der Waals surface area contributed by atoms with E-state index in [1.165, 1.54) is 6.07 Å². The summed E-state index contributed by atoms with van der Waals surface area (Å²) in [6.07, 6.45) is 0. The van der Waals surface area contributed by atoms with Gasteiger partial charge in [0, 0.05) is 16.8 Å². The fourth-order valence-corrected chi connectivity index (χ4v) is 3.09. The van der Waals surface area contributed by atoms with Gasteiger partial charge in [-0.15, -0.1) is 10.2 Å². The predicted octanol–water partition coefficient (Wildman–Crippen LogP) is 5.69. The zero-order valence-electron chi connectivity index (χ0n) is 15.7. The fourth-order valence-electron chi connectivity index (χ4n) is 3.09. The van der Waals surface area contributed by atoms with E-state index in [-0.39, 0.29) is 5.82 Å². The summed E-state index contributed by atoms with van der Waals surface area (Å²) < 4.78 is 20.5. The van der Waals surface area contributed by atoms with Crippen LogP contribution in [0.25, 0.3) is 11.5 Å². The molecule has 1 N–H and O–H groups in total. The van der Waals surface area contributed by atoms with Crippen LogP contribution in [-0.2, 0) is 0 Å². The van der Waals surface area contributed by atoms with Gasteiger partial charge in [0.2, 0.25) is 11.8 Å². The highest BCUT2D eigenvalue weighted by Gasteiger charge is 2.24. The lowest BCUT2D eigenvalue weighted by Crippen LogP contribution is -2.15. The summed E-state index contributed by atoms with van der Waals surface area (Å²) >= 11 is 0. The zero-order chi connectivity index (χ0) is 19.5. The number of anilines is 1. The van der Waals surface area contributed by atoms with Crippen molar-refractivity contribution in [2.45, 2.75) is 19.9 Å². The van der Waals surface area contributed by atoms with Crippen molar-refractivity contribution in [3.63, 3.8) is 0 Å². The molecule has 0 aliphatic heterocycles. The third-order valence-corrected chi connectivity index (χ3v) is 4.83. The maximum Gasteiger partial charge on any atom is 0.247 e. The molecular weight excluding hydrogens is 353 g/mol. The van der Waals surface area contributed by atoms with E-state index in [1.807, 2.05) is 62.4 Å². The molecule has 1 aromatic heterocycles. The minimum absolute atomic E-state index is 0.310. The number of benzene rings is 3. The molecule has 1 heterocycles. The first-order chi connectivity index (χ1) is 13.6. The van der Waals surface area contributed by atoms with Crippen molar-refractivity contribution < 1.29 is 8.81 Å². The average molecular weight is 373 g/mol. The van der Waals surface area contributed by atoms with Gasteiger partial charge in [0.05, 0.1) is 0 Å². The predicted molar refractivity (Wildman–Crippen MR) is 108 cm³/mol. The van der Waals surface area contributed by atoms with Crippen molar-refractivity contribution in [3.8, 4) is 11.5 Å². The second-order valence-corrected chi connectivity index (χ2v) is 6.66. The Bertz CT molecular complexity index is 1090. The molecular formula is C23H20FN3O. The van der Waals surface area contributed by atoms with Crippen LogP contribution in [0.5, 0.6) is 0 Å². The summed E-state index contributed by atoms with van der Waals surface area (Å²) in [5, 5.41) is 11.8. The van der Waals surface area contributed by atoms with E-state index >= 15 is 0 Å². The van der Waals surface area contributed by atoms with Gasteiger partial charge in [-0.3, -0.25) is 0 Å². The molecule has 0 spiro atoms. The van der Waals surface area contributed by atoms with Gasteiger partial charge in [0.15, 0.2) is 0 Å². The lowest BCUT2D eigenvalue weighted by atomic mass is 10.0. The van der Waals surface area contributed by atoms with E-state index in [0.717, 1.165) is 22.4 Å². The van der Waals surface area contributed by atoms with Crippen molar-refractivity contribution >= 4 is 5.69 Å². The van der Waals surface area contributed by atoms with Gasteiger partial charge in [-0.25, -0.2) is 4.39 Å². The largest absolute Gasteiger partial charge is 0.418 e. The molecule has 0 saturated heterocycles. The van der Waals surface area contributed by atoms with Crippen LogP contribution in [0.3, 0.4) is 0 Å². The Labute approximate surface area is 163 Å². The Kier molecular flexibility index (Phi) is 4.89. The van der Waals surface area contributed by atoms with Gasteiger partial charge in [-0.1, -0.05) is 48.5 Å². The number of halogens is 1. The molecule has 0 amide bonds. The Morgan fingerprint density at radius 3 is 2.39 bits per heavy atom. The number of nitrogens with one attached hydrogen (secondary N) is 1. The van der Waals surface area contributed by atoms with Crippen molar-refractivity contribution in [1.29, 1.82) is 0 Å². The number of rotatable bonds is 5. The van der Waals surface area contributed by atoms with Crippen molar-refractivity contribution in [2.24, 2.45) is 0 Å². The first-order valence-electron chi connectivity index (χ1n) is 9.09. The Morgan fingerprint density at radius 1 is 0.857 bits per heavy atom. The molecule has 0 aliphatic carbocycles. The second-order valence-electron chi connectivity index (χ2n) is 6.66. The summed E-state index contributed by atoms with van der Waals surface area (Å²) in [4.78, 5) is 0. The summed E-state index contributed by atoms with van der Waals surface area (Å²) in [6.45, 7) is 4.07. The topological polar surface area (TPSA) is 51.0 Å². The fraction of sp³-hybridized carbons (Fsp3) is 0.130. The van der Waals surface area contributed by atoms with Gasteiger partial charge in [-0.05, 0) is 49.2 Å². The van der Waals surface area contributed by atoms with Crippen LogP contribution < -0.4 is 5.32 Å². The van der Waals surface area contributed by atoms with Crippen LogP contribution in [-0.4, -0.2) is 10.2 Å². The summed E-state index contributed by atoms with van der Waals surface area (Å²) in [7, 11) is 0. The van der Waals surface area contributed by atoms with Gasteiger partial charge in [0.1, 0.15) is 11.9 Å². The molecule has 4 nitrogen and oxygen atoms in total. The lowest BCUT2D eigenvalue weighted by molar-refractivity contribution is 0.485. The summed E-state index contributed by atoms with van der Waals surface area (Å²) in [6, 6.07) is 21.5. The van der Waals surface area contributed by atoms with Gasteiger partial charge < -0.3 is 9.73 Å². The first kappa shape index (κ1) is 17.9. The Balaban J connectivity index is 1.77. The number of hydrogen-bond donors (Lipinski definition) is 1. The normalized spacial score (nSPS) is 12.0. The van der Waals surface area contributed by atoms with Gasteiger partial charge >= 0.3 is 0 Å². The highest BCUT2D eigenvalue weighted by Crippen LogP contribution is 2.31. The monoisotopic (exact) mass is 373 g/mol. The van der Waals surface area contributed by atoms with Crippen LogP contribution in [0.15, 0.2) is 77.2 Å². The molecule has 3 aromatic carbocycles. The number of nitrogens with zero attached hydrogens (tertiary/aromatic N) is 2. The van der Waals surface area contributed by atoms with Crippen LogP contribution in [0.2, 0.25) is 0 Å². The molecule has 0 fully saturated rings. The van der Waals surface area contributed by atoms with E-state index in [9.17, 15) is 4.39 Å². The Hall–Kier alpha value is -3.47. The van der Waals surface area contributed by atoms with Crippen LogP contribution in [0.4, 0.5) is 10.1 Å². The van der Waals surface area contributed by atoms with Crippen molar-refractivity contribution in [3.05, 3.63) is 101 Å². The van der Waals surface area contributed by atoms with E-state index in [1.54, 1.807) is 18.2 Å². The van der Waals surface area contributed by atoms with E-state index in [0.29, 0.717) is 17.3 Å². The molecule has 5 heteroatoms. The second kappa shape index (κ2) is 7.64. The number of aryl methyl sites for hydroxylation is 1. The van der Waals surface area contributed by atoms with Crippen LogP contribution in [0, 0.1) is 19.7 Å². The van der Waals surface area contributed by atoms with E-state index < -0.39 is 6.04 Å². The molecule has 0 radical (unpaired) electrons. The van der Waals surface area contributed by atoms with Crippen molar-refractivity contribution in [1.82, 2.24) is 10.2 Å². The minimum atomic E-state index is -0.605. The molecule has 0 saturated carbocycles. The minimum Gasteiger partial charge on any atom is -0.418 e. The molecule has 0 bridgehead atoms. The first-order valence-corrected chi connectivity index (χ1v) is 9.09. The highest BCUT2D eigenvalue weighted by molar-refractivity contribution is 5.56. The third kappa shape index (κ3) is 3.51. The molecule has 1 atom stereocenters. The van der Waals surface area contributed by atoms with Gasteiger partial charge in [-0.2, -0.15) is 0 Å². The summed E-state index contributed by atoms with van der Waals surface area (Å²) in [5.74, 6) is 0.384. The zero-order valence-corrected chi connectivity index (χ0v) is 15.7. The molecule has 0 aliphatic rings. The maximum atomic E-state index is 14.6. The number of hydrogen-bond acceptors (Lipinski definition) is 4. The standard InChI is InChI=1S/C23H20FN3O/c1-15-9-8-14-20(16(15)2)25-21(18-12-6-7-13-19(18)24)23-27-26-22(28-23)17-10-4-3-5-11-17/h3-14,21,25H,1-2H3. The van der Waals surface area contributed by atoms with Gasteiger partial charge in [0.25, 0.3) is 0 Å².